The van der Waals surface area contributed by atoms with Crippen LogP contribution in [0.3, 0.4) is 0 Å². The Labute approximate surface area is 158 Å². The Morgan fingerprint density at radius 2 is 1.96 bits per heavy atom. The Morgan fingerprint density at radius 1 is 1.26 bits per heavy atom. The number of nitrogens with two attached hydrogens (primary N) is 1. The van der Waals surface area contributed by atoms with Gasteiger partial charge in [0.25, 0.3) is 0 Å². The van der Waals surface area contributed by atoms with Gasteiger partial charge in [-0.15, -0.1) is 0 Å². The van der Waals surface area contributed by atoms with Gasteiger partial charge in [-0.2, -0.15) is 0 Å². The number of nitrogens with one attached hydrogen (secondary N) is 1. The fourth-order valence-electron chi connectivity index (χ4n) is 2.91. The lowest BCUT2D eigenvalue weighted by Crippen LogP contribution is -2.37. The van der Waals surface area contributed by atoms with Crippen molar-refractivity contribution in [3.8, 4) is 11.1 Å². The number of hydrogen-bond acceptors (Lipinski definition) is 6. The van der Waals surface area contributed by atoms with Crippen LogP contribution in [-0.2, 0) is 16.1 Å². The molecule has 3 rings (SSSR count). The summed E-state index contributed by atoms with van der Waals surface area (Å²) in [6.45, 7) is 3.45. The molecule has 2 heterocycles. The van der Waals surface area contributed by atoms with Crippen molar-refractivity contribution < 1.29 is 9.53 Å². The topological polar surface area (TPSA) is 108 Å². The van der Waals surface area contributed by atoms with Crippen LogP contribution in [0.2, 0.25) is 0 Å². The van der Waals surface area contributed by atoms with Crippen molar-refractivity contribution in [2.45, 2.75) is 13.0 Å². The number of aromatic nitrogens is 2. The van der Waals surface area contributed by atoms with Crippen molar-refractivity contribution in [1.29, 1.82) is 5.41 Å². The van der Waals surface area contributed by atoms with Crippen LogP contribution in [0.25, 0.3) is 11.1 Å². The Morgan fingerprint density at radius 3 is 2.63 bits per heavy atom. The summed E-state index contributed by atoms with van der Waals surface area (Å²) in [5.41, 5.74) is 8.21. The van der Waals surface area contributed by atoms with E-state index in [2.05, 4.69) is 14.9 Å². The molecular formula is C19H24N6O2. The van der Waals surface area contributed by atoms with E-state index in [1.807, 2.05) is 36.7 Å². The summed E-state index contributed by atoms with van der Waals surface area (Å²) in [5.74, 6) is 0.414. The number of morpholine rings is 1. The predicted molar refractivity (Wildman–Crippen MR) is 104 cm³/mol. The molecule has 0 saturated carbocycles. The van der Waals surface area contributed by atoms with Gasteiger partial charge in [-0.3, -0.25) is 10.2 Å². The molecule has 1 saturated heterocycles. The molecule has 1 fully saturated rings. The fraction of sp³-hybridized carbons (Fsp3) is 0.368. The fourth-order valence-corrected chi connectivity index (χ4v) is 2.91. The maximum absolute atomic E-state index is 12.0. The maximum atomic E-state index is 12.0. The number of amidine groups is 1. The molecule has 3 N–H and O–H groups in total. The molecule has 142 valence electrons. The second kappa shape index (κ2) is 8.59. The minimum Gasteiger partial charge on any atom is -0.387 e. The van der Waals surface area contributed by atoms with Crippen molar-refractivity contribution in [3.63, 3.8) is 0 Å². The van der Waals surface area contributed by atoms with Gasteiger partial charge >= 0.3 is 0 Å². The molecule has 8 heteroatoms. The molecule has 1 aliphatic heterocycles. The number of carbonyl (C=O) groups excluding carboxylic acids is 1. The highest BCUT2D eigenvalue weighted by Gasteiger charge is 2.14. The van der Waals surface area contributed by atoms with Crippen LogP contribution in [-0.4, -0.2) is 60.0 Å². The van der Waals surface area contributed by atoms with Crippen molar-refractivity contribution >= 4 is 17.7 Å². The summed E-state index contributed by atoms with van der Waals surface area (Å²) < 4.78 is 5.35. The van der Waals surface area contributed by atoms with Crippen molar-refractivity contribution in [1.82, 2.24) is 14.9 Å². The van der Waals surface area contributed by atoms with E-state index >= 15 is 0 Å². The van der Waals surface area contributed by atoms with Gasteiger partial charge < -0.3 is 20.3 Å². The van der Waals surface area contributed by atoms with E-state index in [1.165, 1.54) is 0 Å². The van der Waals surface area contributed by atoms with Crippen LogP contribution in [0.4, 0.5) is 5.95 Å². The molecule has 0 unspecified atom stereocenters. The van der Waals surface area contributed by atoms with E-state index in [-0.39, 0.29) is 18.2 Å². The van der Waals surface area contributed by atoms with Crippen molar-refractivity contribution in [3.05, 3.63) is 42.2 Å². The number of nitrogens with zero attached hydrogens (tertiary/aromatic N) is 4. The summed E-state index contributed by atoms with van der Waals surface area (Å²) in [6.07, 6.45) is 3.58. The minimum atomic E-state index is -0.175. The van der Waals surface area contributed by atoms with Gasteiger partial charge in [0.1, 0.15) is 0 Å². The number of ether oxygens (including phenoxy) is 1. The first-order valence-corrected chi connectivity index (χ1v) is 8.84. The quantitative estimate of drug-likeness (QED) is 0.587. The smallest absolute Gasteiger partial charge is 0.230 e. The van der Waals surface area contributed by atoms with Crippen LogP contribution in [0, 0.1) is 5.41 Å². The molecule has 0 radical (unpaired) electrons. The van der Waals surface area contributed by atoms with Crippen LogP contribution in [0.15, 0.2) is 36.7 Å². The lowest BCUT2D eigenvalue weighted by molar-refractivity contribution is -0.129. The second-order valence-electron chi connectivity index (χ2n) is 6.52. The van der Waals surface area contributed by atoms with Gasteiger partial charge in [0.05, 0.1) is 25.5 Å². The van der Waals surface area contributed by atoms with Gasteiger partial charge in [-0.25, -0.2) is 9.97 Å². The summed E-state index contributed by atoms with van der Waals surface area (Å²) in [7, 11) is 1.71. The van der Waals surface area contributed by atoms with Crippen LogP contribution >= 0.6 is 0 Å². The molecule has 1 aromatic heterocycles. The largest absolute Gasteiger partial charge is 0.387 e. The molecular weight excluding hydrogens is 344 g/mol. The summed E-state index contributed by atoms with van der Waals surface area (Å²) >= 11 is 0. The molecule has 0 atom stereocenters. The third-order valence-electron chi connectivity index (χ3n) is 4.38. The number of benzene rings is 1. The summed E-state index contributed by atoms with van der Waals surface area (Å²) in [5, 5.41) is 7.24. The van der Waals surface area contributed by atoms with Crippen LogP contribution in [0.1, 0.15) is 12.0 Å². The van der Waals surface area contributed by atoms with Crippen molar-refractivity contribution in [2.75, 3.05) is 38.3 Å². The average Bonchev–Trinajstić information content (AvgIpc) is 2.68. The van der Waals surface area contributed by atoms with E-state index in [0.717, 1.165) is 29.8 Å². The molecule has 0 spiro atoms. The monoisotopic (exact) mass is 368 g/mol. The lowest BCUT2D eigenvalue weighted by atomic mass is 10.1. The maximum Gasteiger partial charge on any atom is 0.230 e. The SMILES string of the molecule is CN(Cc1cccc(-c2cnc(N3CCOCC3)nc2)c1)C(=O)CC(=N)N. The first-order chi connectivity index (χ1) is 13.0. The third-order valence-corrected chi connectivity index (χ3v) is 4.38. The van der Waals surface area contributed by atoms with E-state index in [1.54, 1.807) is 11.9 Å². The molecule has 8 nitrogen and oxygen atoms in total. The molecule has 1 aliphatic rings. The zero-order valence-electron chi connectivity index (χ0n) is 15.4. The molecule has 27 heavy (non-hydrogen) atoms. The van der Waals surface area contributed by atoms with Gasteiger partial charge in [0, 0.05) is 44.6 Å². The first-order valence-electron chi connectivity index (χ1n) is 8.84. The standard InChI is InChI=1S/C19H24N6O2/c1-24(18(26)10-17(20)21)13-14-3-2-4-15(9-14)16-11-22-19(23-12-16)25-5-7-27-8-6-25/h2-4,9,11-12H,5-8,10,13H2,1H3,(H3,20,21). The zero-order valence-corrected chi connectivity index (χ0v) is 15.4. The number of amides is 1. The Bertz CT molecular complexity index is 802. The highest BCUT2D eigenvalue weighted by molar-refractivity contribution is 5.97. The Kier molecular flexibility index (Phi) is 5.97. The predicted octanol–water partition coefficient (Wildman–Crippen LogP) is 1.26. The van der Waals surface area contributed by atoms with Crippen molar-refractivity contribution in [2.24, 2.45) is 5.73 Å². The number of carbonyl (C=O) groups is 1. The van der Waals surface area contributed by atoms with E-state index in [0.29, 0.717) is 25.7 Å². The van der Waals surface area contributed by atoms with Crippen LogP contribution < -0.4 is 10.6 Å². The summed E-state index contributed by atoms with van der Waals surface area (Å²) in [4.78, 5) is 24.6. The van der Waals surface area contributed by atoms with Gasteiger partial charge in [0.15, 0.2) is 0 Å². The first kappa shape index (κ1) is 18.8. The number of anilines is 1. The van der Waals surface area contributed by atoms with Gasteiger partial charge in [-0.1, -0.05) is 18.2 Å². The normalized spacial score (nSPS) is 14.0. The van der Waals surface area contributed by atoms with Crippen LogP contribution in [0.5, 0.6) is 0 Å². The van der Waals surface area contributed by atoms with E-state index < -0.39 is 0 Å². The molecule has 0 aliphatic carbocycles. The highest BCUT2D eigenvalue weighted by Crippen LogP contribution is 2.21. The zero-order chi connectivity index (χ0) is 19.2. The average molecular weight is 368 g/mol. The molecule has 1 aromatic carbocycles. The Hall–Kier alpha value is -3.00. The molecule has 2 aromatic rings. The molecule has 0 bridgehead atoms. The van der Waals surface area contributed by atoms with E-state index in [4.69, 9.17) is 15.9 Å². The lowest BCUT2D eigenvalue weighted by Gasteiger charge is -2.26. The third kappa shape index (κ3) is 5.01. The summed E-state index contributed by atoms with van der Waals surface area (Å²) in [6, 6.07) is 7.92. The highest BCUT2D eigenvalue weighted by atomic mass is 16.5. The van der Waals surface area contributed by atoms with Gasteiger partial charge in [0.2, 0.25) is 11.9 Å². The minimum absolute atomic E-state index is 0.0625. The number of rotatable bonds is 6. The number of hydrogen-bond donors (Lipinski definition) is 2. The molecule has 1 amide bonds. The second-order valence-corrected chi connectivity index (χ2v) is 6.52. The Balaban J connectivity index is 1.69. The van der Waals surface area contributed by atoms with E-state index in [9.17, 15) is 4.79 Å². The van der Waals surface area contributed by atoms with Gasteiger partial charge in [-0.05, 0) is 17.2 Å².